The molecular formula is C15H16O3. The van der Waals surface area contributed by atoms with Crippen molar-refractivity contribution in [2.45, 2.75) is 26.7 Å². The van der Waals surface area contributed by atoms with Crippen LogP contribution in [0.3, 0.4) is 0 Å². The average Bonchev–Trinajstić information content (AvgIpc) is 2.27. The molecule has 1 aliphatic rings. The van der Waals surface area contributed by atoms with Crippen molar-refractivity contribution < 1.29 is 14.7 Å². The van der Waals surface area contributed by atoms with Gasteiger partial charge in [0.25, 0.3) is 0 Å². The normalized spacial score (nSPS) is 19.6. The maximum Gasteiger partial charge on any atom is 0.307 e. The van der Waals surface area contributed by atoms with Gasteiger partial charge < -0.3 is 5.11 Å². The van der Waals surface area contributed by atoms with Crippen molar-refractivity contribution in [3.63, 3.8) is 0 Å². The van der Waals surface area contributed by atoms with Gasteiger partial charge in [0.1, 0.15) is 0 Å². The third-order valence-electron chi connectivity index (χ3n) is 3.33. The van der Waals surface area contributed by atoms with E-state index in [-0.39, 0.29) is 12.2 Å². The van der Waals surface area contributed by atoms with Crippen molar-refractivity contribution in [3.8, 4) is 0 Å². The molecule has 0 spiro atoms. The largest absolute Gasteiger partial charge is 0.481 e. The van der Waals surface area contributed by atoms with Gasteiger partial charge in [-0.1, -0.05) is 23.8 Å². The van der Waals surface area contributed by atoms with Crippen LogP contribution < -0.4 is 0 Å². The van der Waals surface area contributed by atoms with Gasteiger partial charge in [-0.2, -0.15) is 0 Å². The number of rotatable bonds is 2. The number of carbonyl (C=O) groups excluding carboxylic acids is 1. The van der Waals surface area contributed by atoms with E-state index in [1.54, 1.807) is 6.08 Å². The lowest BCUT2D eigenvalue weighted by molar-refractivity contribution is -0.143. The fraction of sp³-hybridized carbons (Fsp3) is 0.333. The van der Waals surface area contributed by atoms with Gasteiger partial charge in [-0.15, -0.1) is 0 Å². The molecule has 0 radical (unpaired) electrons. The second-order valence-corrected chi connectivity index (χ2v) is 4.90. The van der Waals surface area contributed by atoms with Crippen molar-refractivity contribution in [1.82, 2.24) is 0 Å². The lowest BCUT2D eigenvalue weighted by Gasteiger charge is -2.20. The number of carboxylic acids is 1. The van der Waals surface area contributed by atoms with Crippen LogP contribution in [0.15, 0.2) is 24.3 Å². The Morgan fingerprint density at radius 3 is 2.61 bits per heavy atom. The molecule has 0 saturated heterocycles. The summed E-state index contributed by atoms with van der Waals surface area (Å²) in [4.78, 5) is 22.6. The number of aliphatic carboxylic acids is 1. The third kappa shape index (κ3) is 2.50. The van der Waals surface area contributed by atoms with Crippen molar-refractivity contribution in [2.75, 3.05) is 0 Å². The van der Waals surface area contributed by atoms with Crippen LogP contribution in [0.1, 0.15) is 29.5 Å². The van der Waals surface area contributed by atoms with Gasteiger partial charge in [-0.25, -0.2) is 0 Å². The standard InChI is InChI=1S/C15H16O3/c1-9-3-4-14(10(2)5-9)11-6-12(15(17)18)8-13(16)7-11/h3-5,7,12H,6,8H2,1-2H3,(H,17,18). The molecule has 0 aromatic heterocycles. The number of hydrogen-bond acceptors (Lipinski definition) is 2. The minimum absolute atomic E-state index is 0.0939. The Bertz CT molecular complexity index is 541. The van der Waals surface area contributed by atoms with Gasteiger partial charge in [0.15, 0.2) is 5.78 Å². The Morgan fingerprint density at radius 2 is 2.00 bits per heavy atom. The van der Waals surface area contributed by atoms with E-state index in [1.807, 2.05) is 32.0 Å². The summed E-state index contributed by atoms with van der Waals surface area (Å²) < 4.78 is 0. The SMILES string of the molecule is Cc1ccc(C2=CC(=O)CC(C(=O)O)C2)c(C)c1. The first-order chi connectivity index (χ1) is 8.47. The first-order valence-electron chi connectivity index (χ1n) is 6.01. The topological polar surface area (TPSA) is 54.4 Å². The van der Waals surface area contributed by atoms with Crippen LogP contribution in [0.5, 0.6) is 0 Å². The molecule has 1 aromatic rings. The minimum atomic E-state index is -0.890. The molecule has 1 atom stereocenters. The van der Waals surface area contributed by atoms with E-state index < -0.39 is 11.9 Å². The number of aryl methyl sites for hydroxylation is 2. The van der Waals surface area contributed by atoms with Crippen LogP contribution >= 0.6 is 0 Å². The summed E-state index contributed by atoms with van der Waals surface area (Å²) in [5, 5.41) is 9.05. The second-order valence-electron chi connectivity index (χ2n) is 4.90. The highest BCUT2D eigenvalue weighted by atomic mass is 16.4. The zero-order chi connectivity index (χ0) is 13.3. The molecule has 3 nitrogen and oxygen atoms in total. The van der Waals surface area contributed by atoms with Gasteiger partial charge in [0, 0.05) is 6.42 Å². The van der Waals surface area contributed by atoms with Gasteiger partial charge in [0.2, 0.25) is 0 Å². The van der Waals surface area contributed by atoms with Crippen LogP contribution in [-0.2, 0) is 9.59 Å². The van der Waals surface area contributed by atoms with Gasteiger partial charge in [0.05, 0.1) is 5.92 Å². The fourth-order valence-corrected chi connectivity index (χ4v) is 2.43. The average molecular weight is 244 g/mol. The fourth-order valence-electron chi connectivity index (χ4n) is 2.43. The molecule has 1 N–H and O–H groups in total. The highest BCUT2D eigenvalue weighted by Crippen LogP contribution is 2.31. The first-order valence-corrected chi connectivity index (χ1v) is 6.01. The van der Waals surface area contributed by atoms with E-state index in [4.69, 9.17) is 5.11 Å². The van der Waals surface area contributed by atoms with Gasteiger partial charge in [-0.3, -0.25) is 9.59 Å². The van der Waals surface area contributed by atoms with Gasteiger partial charge >= 0.3 is 5.97 Å². The Hall–Kier alpha value is -1.90. The molecule has 0 amide bonds. The van der Waals surface area contributed by atoms with E-state index >= 15 is 0 Å². The lowest BCUT2D eigenvalue weighted by atomic mass is 9.83. The highest BCUT2D eigenvalue weighted by molar-refractivity contribution is 6.01. The number of benzene rings is 1. The highest BCUT2D eigenvalue weighted by Gasteiger charge is 2.27. The van der Waals surface area contributed by atoms with Crippen LogP contribution in [-0.4, -0.2) is 16.9 Å². The summed E-state index contributed by atoms with van der Waals surface area (Å²) in [7, 11) is 0. The van der Waals surface area contributed by atoms with Crippen molar-refractivity contribution in [3.05, 3.63) is 41.0 Å². The maximum atomic E-state index is 11.6. The number of hydrogen-bond donors (Lipinski definition) is 1. The number of carbonyl (C=O) groups is 2. The molecule has 0 bridgehead atoms. The van der Waals surface area contributed by atoms with Crippen LogP contribution in [0.4, 0.5) is 0 Å². The molecule has 0 heterocycles. The second kappa shape index (κ2) is 4.77. The summed E-state index contributed by atoms with van der Waals surface area (Å²) in [6, 6.07) is 6.00. The third-order valence-corrected chi connectivity index (χ3v) is 3.33. The molecule has 94 valence electrons. The predicted octanol–water partition coefficient (Wildman–Crippen LogP) is 2.75. The van der Waals surface area contributed by atoms with E-state index in [2.05, 4.69) is 0 Å². The number of allylic oxidation sites excluding steroid dienone is 2. The van der Waals surface area contributed by atoms with Crippen molar-refractivity contribution in [1.29, 1.82) is 0 Å². The molecule has 0 aliphatic heterocycles. The molecule has 0 saturated carbocycles. The summed E-state index contributed by atoms with van der Waals surface area (Å²) in [5.41, 5.74) is 4.07. The number of ketones is 1. The lowest BCUT2D eigenvalue weighted by Crippen LogP contribution is -2.21. The molecule has 1 unspecified atom stereocenters. The summed E-state index contributed by atoms with van der Waals surface area (Å²) in [6.07, 6.45) is 2.14. The first kappa shape index (κ1) is 12.6. The number of carboxylic acid groups (broad SMARTS) is 1. The molecule has 1 aromatic carbocycles. The zero-order valence-corrected chi connectivity index (χ0v) is 10.6. The molecule has 2 rings (SSSR count). The van der Waals surface area contributed by atoms with E-state index in [9.17, 15) is 9.59 Å². The molecule has 3 heteroatoms. The Balaban J connectivity index is 2.38. The van der Waals surface area contributed by atoms with Crippen LogP contribution in [0, 0.1) is 19.8 Å². The van der Waals surface area contributed by atoms with Crippen molar-refractivity contribution in [2.24, 2.45) is 5.92 Å². The smallest absolute Gasteiger partial charge is 0.307 e. The summed E-state index contributed by atoms with van der Waals surface area (Å²) in [6.45, 7) is 4.00. The summed E-state index contributed by atoms with van der Waals surface area (Å²) in [5.74, 6) is -1.57. The van der Waals surface area contributed by atoms with Crippen molar-refractivity contribution >= 4 is 17.3 Å². The molecule has 0 fully saturated rings. The summed E-state index contributed by atoms with van der Waals surface area (Å²) >= 11 is 0. The minimum Gasteiger partial charge on any atom is -0.481 e. The molecular weight excluding hydrogens is 228 g/mol. The Kier molecular flexibility index (Phi) is 3.32. The van der Waals surface area contributed by atoms with Crippen LogP contribution in [0.25, 0.3) is 5.57 Å². The Morgan fingerprint density at radius 1 is 1.28 bits per heavy atom. The molecule has 1 aliphatic carbocycles. The zero-order valence-electron chi connectivity index (χ0n) is 10.6. The monoisotopic (exact) mass is 244 g/mol. The van der Waals surface area contributed by atoms with E-state index in [0.717, 1.165) is 22.3 Å². The maximum absolute atomic E-state index is 11.6. The quantitative estimate of drug-likeness (QED) is 0.870. The van der Waals surface area contributed by atoms with Gasteiger partial charge in [-0.05, 0) is 43.0 Å². The van der Waals surface area contributed by atoms with E-state index in [0.29, 0.717) is 6.42 Å². The Labute approximate surface area is 106 Å². The van der Waals surface area contributed by atoms with Crippen LogP contribution in [0.2, 0.25) is 0 Å². The van der Waals surface area contributed by atoms with E-state index in [1.165, 1.54) is 0 Å². The predicted molar refractivity (Wildman–Crippen MR) is 69.3 cm³/mol. The molecule has 18 heavy (non-hydrogen) atoms.